The third kappa shape index (κ3) is 5.43. The normalized spacial score (nSPS) is 9.88. The molecule has 0 fully saturated rings. The smallest absolute Gasteiger partial charge is 0.196 e. The Bertz CT molecular complexity index is 377. The highest BCUT2D eigenvalue weighted by atomic mass is 32.2. The average molecular weight is 283 g/mol. The lowest BCUT2D eigenvalue weighted by atomic mass is 10.8. The van der Waals surface area contributed by atoms with Gasteiger partial charge in [-0.15, -0.1) is 13.2 Å². The Balaban J connectivity index is 2.86. The van der Waals surface area contributed by atoms with Crippen LogP contribution >= 0.6 is 35.3 Å². The van der Waals surface area contributed by atoms with E-state index in [-0.39, 0.29) is 0 Å². The predicted octanol–water partition coefficient (Wildman–Crippen LogP) is 3.66. The van der Waals surface area contributed by atoms with Gasteiger partial charge in [0.2, 0.25) is 0 Å². The van der Waals surface area contributed by atoms with Crippen molar-refractivity contribution in [2.24, 2.45) is 0 Å². The minimum Gasteiger partial charge on any atom is -0.196 e. The van der Waals surface area contributed by atoms with Gasteiger partial charge in [0.15, 0.2) is 15.5 Å². The summed E-state index contributed by atoms with van der Waals surface area (Å²) in [6.07, 6.45) is 3.65. The van der Waals surface area contributed by atoms with Gasteiger partial charge >= 0.3 is 0 Å². The summed E-state index contributed by atoms with van der Waals surface area (Å²) in [6, 6.07) is 0. The van der Waals surface area contributed by atoms with Crippen LogP contribution in [-0.4, -0.2) is 26.5 Å². The maximum Gasteiger partial charge on any atom is 0.196 e. The van der Waals surface area contributed by atoms with Crippen LogP contribution in [0.3, 0.4) is 0 Å². The number of rotatable bonds is 8. The molecule has 1 rings (SSSR count). The van der Waals surface area contributed by atoms with Crippen molar-refractivity contribution in [2.75, 3.05) is 11.5 Å². The number of thioether (sulfide) groups is 3. The molecule has 17 heavy (non-hydrogen) atoms. The van der Waals surface area contributed by atoms with Crippen molar-refractivity contribution in [1.82, 2.24) is 15.0 Å². The Hall–Kier alpha value is -0.720. The van der Waals surface area contributed by atoms with Crippen LogP contribution < -0.4 is 0 Å². The van der Waals surface area contributed by atoms with Gasteiger partial charge in [0, 0.05) is 11.5 Å². The molecular formula is C11H13N3S3. The van der Waals surface area contributed by atoms with Gasteiger partial charge in [0.25, 0.3) is 0 Å². The van der Waals surface area contributed by atoms with E-state index in [1.54, 1.807) is 28.9 Å². The highest BCUT2D eigenvalue weighted by Gasteiger charge is 2.06. The lowest BCUT2D eigenvalue weighted by Crippen LogP contribution is -1.96. The molecule has 0 unspecified atom stereocenters. The fourth-order valence-electron chi connectivity index (χ4n) is 0.844. The maximum atomic E-state index is 4.35. The summed E-state index contributed by atoms with van der Waals surface area (Å²) in [5.41, 5.74) is 0. The number of aromatic nitrogens is 3. The zero-order chi connectivity index (χ0) is 12.5. The van der Waals surface area contributed by atoms with E-state index < -0.39 is 0 Å². The molecule has 0 radical (unpaired) electrons. The highest BCUT2D eigenvalue weighted by Crippen LogP contribution is 2.22. The molecule has 0 atom stereocenters. The Morgan fingerprint density at radius 3 is 1.71 bits per heavy atom. The fourth-order valence-corrected chi connectivity index (χ4v) is 2.58. The van der Waals surface area contributed by atoms with Gasteiger partial charge in [-0.1, -0.05) is 54.0 Å². The zero-order valence-electron chi connectivity index (χ0n) is 9.33. The van der Waals surface area contributed by atoms with E-state index in [9.17, 15) is 0 Å². The first kappa shape index (κ1) is 14.3. The minimum absolute atomic E-state index is 0.674. The van der Waals surface area contributed by atoms with Crippen LogP contribution in [0.25, 0.3) is 0 Å². The van der Waals surface area contributed by atoms with E-state index in [2.05, 4.69) is 34.7 Å². The molecule has 0 aliphatic carbocycles. The summed E-state index contributed by atoms with van der Waals surface area (Å²) in [5.74, 6) is 1.57. The predicted molar refractivity (Wildman–Crippen MR) is 77.7 cm³/mol. The van der Waals surface area contributed by atoms with E-state index >= 15 is 0 Å². The van der Waals surface area contributed by atoms with Crippen LogP contribution in [0, 0.1) is 0 Å². The topological polar surface area (TPSA) is 38.7 Å². The van der Waals surface area contributed by atoms with Gasteiger partial charge in [-0.05, 0) is 5.41 Å². The van der Waals surface area contributed by atoms with Crippen molar-refractivity contribution in [2.45, 2.75) is 15.5 Å². The first-order chi connectivity index (χ1) is 8.30. The quantitative estimate of drug-likeness (QED) is 0.535. The van der Waals surface area contributed by atoms with Gasteiger partial charge < -0.3 is 0 Å². The molecule has 0 saturated heterocycles. The van der Waals surface area contributed by atoms with Crippen molar-refractivity contribution in [3.05, 3.63) is 37.3 Å². The molecule has 0 saturated carbocycles. The third-order valence-electron chi connectivity index (χ3n) is 1.42. The van der Waals surface area contributed by atoms with E-state index in [1.807, 2.05) is 12.2 Å². The van der Waals surface area contributed by atoms with E-state index in [1.165, 1.54) is 11.8 Å². The van der Waals surface area contributed by atoms with Gasteiger partial charge in [0.1, 0.15) is 0 Å². The molecule has 3 nitrogen and oxygen atoms in total. The lowest BCUT2D eigenvalue weighted by Gasteiger charge is -2.03. The standard InChI is InChI=1S/C11H13N3S3/c1-4-7-16-10-12-9(15-6-3)13-11(14-10)17-8-5-2/h4-6H,1-3,7-8H2. The minimum atomic E-state index is 0.674. The summed E-state index contributed by atoms with van der Waals surface area (Å²) in [6.45, 7) is 11.0. The van der Waals surface area contributed by atoms with Crippen molar-refractivity contribution in [3.63, 3.8) is 0 Å². The molecular weight excluding hydrogens is 270 g/mol. The Morgan fingerprint density at radius 2 is 1.29 bits per heavy atom. The van der Waals surface area contributed by atoms with E-state index in [0.717, 1.165) is 21.8 Å². The van der Waals surface area contributed by atoms with Crippen molar-refractivity contribution >= 4 is 35.3 Å². The largest absolute Gasteiger partial charge is 0.196 e. The van der Waals surface area contributed by atoms with Crippen molar-refractivity contribution in [1.29, 1.82) is 0 Å². The van der Waals surface area contributed by atoms with Crippen LogP contribution in [0.15, 0.2) is 52.8 Å². The SMILES string of the molecule is C=CCSc1nc(SC=C)nc(SCC=C)n1. The molecule has 0 aliphatic heterocycles. The molecule has 0 N–H and O–H groups in total. The second-order valence-corrected chi connectivity index (χ2v) is 5.58. The molecule has 90 valence electrons. The Labute approximate surface area is 114 Å². The van der Waals surface area contributed by atoms with Crippen LogP contribution in [0.4, 0.5) is 0 Å². The molecule has 0 bridgehead atoms. The molecule has 0 aromatic carbocycles. The van der Waals surface area contributed by atoms with E-state index in [0.29, 0.717) is 5.16 Å². The zero-order valence-corrected chi connectivity index (χ0v) is 11.8. The van der Waals surface area contributed by atoms with Gasteiger partial charge in [-0.3, -0.25) is 0 Å². The first-order valence-corrected chi connectivity index (χ1v) is 7.66. The second-order valence-electron chi connectivity index (χ2n) is 2.67. The molecule has 1 aromatic rings. The summed E-state index contributed by atoms with van der Waals surface area (Å²) < 4.78 is 0. The second kappa shape index (κ2) is 8.38. The van der Waals surface area contributed by atoms with E-state index in [4.69, 9.17) is 0 Å². The van der Waals surface area contributed by atoms with Crippen LogP contribution in [-0.2, 0) is 0 Å². The average Bonchev–Trinajstić information content (AvgIpc) is 2.34. The van der Waals surface area contributed by atoms with Crippen LogP contribution in [0.2, 0.25) is 0 Å². The monoisotopic (exact) mass is 283 g/mol. The summed E-state index contributed by atoms with van der Waals surface area (Å²) in [4.78, 5) is 13.0. The first-order valence-electron chi connectivity index (χ1n) is 4.81. The Morgan fingerprint density at radius 1 is 0.824 bits per heavy atom. The number of hydrogen-bond donors (Lipinski definition) is 0. The molecule has 0 spiro atoms. The van der Waals surface area contributed by atoms with Gasteiger partial charge in [0.05, 0.1) is 0 Å². The summed E-state index contributed by atoms with van der Waals surface area (Å²) in [7, 11) is 0. The lowest BCUT2D eigenvalue weighted by molar-refractivity contribution is 0.719. The molecule has 0 amide bonds. The number of nitrogens with zero attached hydrogens (tertiary/aromatic N) is 3. The summed E-state index contributed by atoms with van der Waals surface area (Å²) >= 11 is 4.48. The maximum absolute atomic E-state index is 4.35. The molecule has 6 heteroatoms. The van der Waals surface area contributed by atoms with Crippen molar-refractivity contribution in [3.8, 4) is 0 Å². The summed E-state index contributed by atoms with van der Waals surface area (Å²) in [5, 5.41) is 3.82. The molecule has 1 heterocycles. The third-order valence-corrected chi connectivity index (χ3v) is 3.67. The van der Waals surface area contributed by atoms with Crippen LogP contribution in [0.5, 0.6) is 0 Å². The van der Waals surface area contributed by atoms with Gasteiger partial charge in [-0.25, -0.2) is 0 Å². The van der Waals surface area contributed by atoms with Crippen LogP contribution in [0.1, 0.15) is 0 Å². The molecule has 0 aliphatic rings. The Kier molecular flexibility index (Phi) is 7.07. The molecule has 1 aromatic heterocycles. The fraction of sp³-hybridized carbons (Fsp3) is 0.182. The van der Waals surface area contributed by atoms with Gasteiger partial charge in [-0.2, -0.15) is 15.0 Å². The number of hydrogen-bond acceptors (Lipinski definition) is 6. The van der Waals surface area contributed by atoms with Crippen molar-refractivity contribution < 1.29 is 0 Å². The highest BCUT2D eigenvalue weighted by molar-refractivity contribution is 8.02.